The molecule has 82 valence electrons. The Hall–Kier alpha value is -1.09. The van der Waals surface area contributed by atoms with E-state index in [1.54, 1.807) is 6.26 Å². The Balaban J connectivity index is 1.76. The molecular weight excluding hydrogens is 190 g/mol. The molecule has 0 aliphatic carbocycles. The third-order valence-corrected chi connectivity index (χ3v) is 2.99. The number of hydrogen-bond acceptors (Lipinski definition) is 3. The van der Waals surface area contributed by atoms with E-state index in [1.807, 2.05) is 12.1 Å². The highest BCUT2D eigenvalue weighted by atomic mass is 16.3. The molecule has 1 aromatic heterocycles. The highest BCUT2D eigenvalue weighted by Gasteiger charge is 2.20. The van der Waals surface area contributed by atoms with E-state index in [2.05, 4.69) is 5.32 Å². The summed E-state index contributed by atoms with van der Waals surface area (Å²) in [6, 6.07) is 3.79. The summed E-state index contributed by atoms with van der Waals surface area (Å²) in [6.45, 7) is 1.97. The fourth-order valence-electron chi connectivity index (χ4n) is 2.05. The van der Waals surface area contributed by atoms with E-state index in [4.69, 9.17) is 4.42 Å². The molecule has 0 aromatic carbocycles. The Kier molecular flexibility index (Phi) is 3.56. The lowest BCUT2D eigenvalue weighted by molar-refractivity contribution is -0.123. The molecule has 0 atom stereocenters. The van der Waals surface area contributed by atoms with Crippen molar-refractivity contribution in [1.29, 1.82) is 0 Å². The standard InChI is InChI=1S/C12H17NO2/c14-12(10-5-7-13-8-6-10)4-3-11-2-1-9-15-11/h1-2,9-10,13H,3-8H2. The van der Waals surface area contributed by atoms with Crippen LogP contribution < -0.4 is 5.32 Å². The molecule has 1 aliphatic rings. The third-order valence-electron chi connectivity index (χ3n) is 2.99. The Morgan fingerprint density at radius 3 is 2.93 bits per heavy atom. The number of ketones is 1. The molecule has 2 heterocycles. The normalized spacial score (nSPS) is 17.9. The monoisotopic (exact) mass is 207 g/mol. The van der Waals surface area contributed by atoms with Gasteiger partial charge in [0.1, 0.15) is 11.5 Å². The summed E-state index contributed by atoms with van der Waals surface area (Å²) >= 11 is 0. The molecule has 1 fully saturated rings. The van der Waals surface area contributed by atoms with Crippen LogP contribution in [0.25, 0.3) is 0 Å². The van der Waals surface area contributed by atoms with Gasteiger partial charge in [-0.1, -0.05) is 0 Å². The van der Waals surface area contributed by atoms with Crippen molar-refractivity contribution in [2.75, 3.05) is 13.1 Å². The van der Waals surface area contributed by atoms with E-state index in [1.165, 1.54) is 0 Å². The van der Waals surface area contributed by atoms with Crippen molar-refractivity contribution in [3.8, 4) is 0 Å². The number of rotatable bonds is 4. The van der Waals surface area contributed by atoms with Gasteiger partial charge in [0, 0.05) is 18.8 Å². The van der Waals surface area contributed by atoms with Gasteiger partial charge in [0.05, 0.1) is 6.26 Å². The van der Waals surface area contributed by atoms with E-state index in [9.17, 15) is 4.79 Å². The van der Waals surface area contributed by atoms with E-state index in [0.29, 0.717) is 12.2 Å². The Labute approximate surface area is 89.9 Å². The van der Waals surface area contributed by atoms with Crippen LogP contribution >= 0.6 is 0 Å². The molecule has 3 nitrogen and oxygen atoms in total. The summed E-state index contributed by atoms with van der Waals surface area (Å²) in [5.41, 5.74) is 0. The molecule has 3 heteroatoms. The predicted molar refractivity (Wildman–Crippen MR) is 57.6 cm³/mol. The molecule has 0 amide bonds. The van der Waals surface area contributed by atoms with Crippen molar-refractivity contribution in [3.05, 3.63) is 24.2 Å². The molecule has 15 heavy (non-hydrogen) atoms. The quantitative estimate of drug-likeness (QED) is 0.818. The molecule has 1 aromatic rings. The van der Waals surface area contributed by atoms with Gasteiger partial charge in [-0.2, -0.15) is 0 Å². The van der Waals surface area contributed by atoms with Gasteiger partial charge in [-0.25, -0.2) is 0 Å². The maximum Gasteiger partial charge on any atom is 0.136 e. The summed E-state index contributed by atoms with van der Waals surface area (Å²) in [4.78, 5) is 11.8. The van der Waals surface area contributed by atoms with Crippen molar-refractivity contribution in [2.45, 2.75) is 25.7 Å². The van der Waals surface area contributed by atoms with Crippen molar-refractivity contribution in [3.63, 3.8) is 0 Å². The molecule has 0 radical (unpaired) electrons. The first kappa shape index (κ1) is 10.4. The number of Topliss-reactive ketones (excluding diaryl/α,β-unsaturated/α-hetero) is 1. The predicted octanol–water partition coefficient (Wildman–Crippen LogP) is 1.78. The first-order chi connectivity index (χ1) is 7.36. The van der Waals surface area contributed by atoms with Gasteiger partial charge < -0.3 is 9.73 Å². The van der Waals surface area contributed by atoms with E-state index >= 15 is 0 Å². The molecule has 0 saturated carbocycles. The Morgan fingerprint density at radius 2 is 2.27 bits per heavy atom. The van der Waals surface area contributed by atoms with Crippen molar-refractivity contribution >= 4 is 5.78 Å². The number of carbonyl (C=O) groups excluding carboxylic acids is 1. The summed E-state index contributed by atoms with van der Waals surface area (Å²) in [7, 11) is 0. The second-order valence-corrected chi connectivity index (χ2v) is 4.07. The zero-order chi connectivity index (χ0) is 10.5. The van der Waals surface area contributed by atoms with Crippen LogP contribution in [0.1, 0.15) is 25.0 Å². The lowest BCUT2D eigenvalue weighted by Gasteiger charge is -2.21. The molecule has 1 saturated heterocycles. The zero-order valence-corrected chi connectivity index (χ0v) is 8.87. The van der Waals surface area contributed by atoms with Gasteiger partial charge >= 0.3 is 0 Å². The number of furan rings is 1. The zero-order valence-electron chi connectivity index (χ0n) is 8.87. The van der Waals surface area contributed by atoms with Gasteiger partial charge in [-0.05, 0) is 38.1 Å². The van der Waals surface area contributed by atoms with Gasteiger partial charge in [0.15, 0.2) is 0 Å². The first-order valence-electron chi connectivity index (χ1n) is 5.62. The molecule has 1 N–H and O–H groups in total. The van der Waals surface area contributed by atoms with Gasteiger partial charge in [-0.3, -0.25) is 4.79 Å². The fraction of sp³-hybridized carbons (Fsp3) is 0.583. The highest BCUT2D eigenvalue weighted by Crippen LogP contribution is 2.16. The van der Waals surface area contributed by atoms with Crippen LogP contribution in [0.15, 0.2) is 22.8 Å². The average Bonchev–Trinajstić information content (AvgIpc) is 2.80. The second kappa shape index (κ2) is 5.12. The number of aryl methyl sites for hydroxylation is 1. The molecule has 0 spiro atoms. The summed E-state index contributed by atoms with van der Waals surface area (Å²) < 4.78 is 5.21. The lowest BCUT2D eigenvalue weighted by atomic mass is 9.91. The topological polar surface area (TPSA) is 42.2 Å². The van der Waals surface area contributed by atoms with Crippen LogP contribution in [0.5, 0.6) is 0 Å². The van der Waals surface area contributed by atoms with Crippen LogP contribution in [0.2, 0.25) is 0 Å². The molecule has 2 rings (SSSR count). The Morgan fingerprint density at radius 1 is 1.47 bits per heavy atom. The van der Waals surface area contributed by atoms with E-state index < -0.39 is 0 Å². The maximum atomic E-state index is 11.8. The minimum absolute atomic E-state index is 0.279. The smallest absolute Gasteiger partial charge is 0.136 e. The van der Waals surface area contributed by atoms with Crippen LogP contribution in [-0.4, -0.2) is 18.9 Å². The molecular formula is C12H17NO2. The molecule has 0 bridgehead atoms. The van der Waals surface area contributed by atoms with E-state index in [-0.39, 0.29) is 5.92 Å². The minimum atomic E-state index is 0.279. The first-order valence-corrected chi connectivity index (χ1v) is 5.62. The SMILES string of the molecule is O=C(CCc1ccco1)C1CCNCC1. The number of hydrogen-bond donors (Lipinski definition) is 1. The maximum absolute atomic E-state index is 11.8. The minimum Gasteiger partial charge on any atom is -0.469 e. The molecule has 0 unspecified atom stereocenters. The summed E-state index contributed by atoms with van der Waals surface area (Å²) in [5, 5.41) is 3.27. The summed E-state index contributed by atoms with van der Waals surface area (Å²) in [6.07, 6.45) is 5.02. The average molecular weight is 207 g/mol. The van der Waals surface area contributed by atoms with Gasteiger partial charge in [0.2, 0.25) is 0 Å². The van der Waals surface area contributed by atoms with Crippen LogP contribution in [0.4, 0.5) is 0 Å². The van der Waals surface area contributed by atoms with Gasteiger partial charge in [-0.15, -0.1) is 0 Å². The van der Waals surface area contributed by atoms with Crippen molar-refractivity contribution < 1.29 is 9.21 Å². The van der Waals surface area contributed by atoms with Crippen LogP contribution in [0.3, 0.4) is 0 Å². The number of nitrogens with one attached hydrogen (secondary N) is 1. The number of piperidine rings is 1. The van der Waals surface area contributed by atoms with Crippen molar-refractivity contribution in [2.24, 2.45) is 5.92 Å². The van der Waals surface area contributed by atoms with Crippen LogP contribution in [-0.2, 0) is 11.2 Å². The third kappa shape index (κ3) is 2.93. The molecule has 1 aliphatic heterocycles. The number of carbonyl (C=O) groups is 1. The Bertz CT molecular complexity index is 299. The largest absolute Gasteiger partial charge is 0.469 e. The van der Waals surface area contributed by atoms with Crippen LogP contribution in [0, 0.1) is 5.92 Å². The van der Waals surface area contributed by atoms with E-state index in [0.717, 1.165) is 38.1 Å². The summed E-state index contributed by atoms with van der Waals surface area (Å²) in [5.74, 6) is 1.59. The fourth-order valence-corrected chi connectivity index (χ4v) is 2.05. The van der Waals surface area contributed by atoms with Crippen molar-refractivity contribution in [1.82, 2.24) is 5.32 Å². The van der Waals surface area contributed by atoms with Gasteiger partial charge in [0.25, 0.3) is 0 Å². The highest BCUT2D eigenvalue weighted by molar-refractivity contribution is 5.81. The second-order valence-electron chi connectivity index (χ2n) is 4.07. The lowest BCUT2D eigenvalue weighted by Crippen LogP contribution is -2.31.